The van der Waals surface area contributed by atoms with E-state index >= 15 is 0 Å². The van der Waals surface area contributed by atoms with Crippen molar-refractivity contribution in [2.45, 2.75) is 32.4 Å². The summed E-state index contributed by atoms with van der Waals surface area (Å²) in [5.41, 5.74) is 2.26. The molecule has 16 heavy (non-hydrogen) atoms. The zero-order chi connectivity index (χ0) is 10.8. The molecule has 2 aromatic heterocycles. The molecule has 0 aliphatic heterocycles. The Balaban J connectivity index is 1.54. The van der Waals surface area contributed by atoms with E-state index in [2.05, 4.69) is 15.5 Å². The van der Waals surface area contributed by atoms with Crippen LogP contribution in [0.25, 0.3) is 0 Å². The summed E-state index contributed by atoms with van der Waals surface area (Å²) in [4.78, 5) is 6.11. The molecule has 0 spiro atoms. The fraction of sp³-hybridized carbons (Fsp3) is 0.455. The van der Waals surface area contributed by atoms with Gasteiger partial charge in [-0.1, -0.05) is 5.16 Å². The standard InChI is InChI=1S/C11H13N3OS/c1-2-9-10(3-1)16-11(13-9)7-12-6-8-4-5-15-14-8/h4-5,12H,1-3,6-7H2. The summed E-state index contributed by atoms with van der Waals surface area (Å²) >= 11 is 1.84. The maximum atomic E-state index is 4.76. The zero-order valence-corrected chi connectivity index (χ0v) is 9.72. The predicted molar refractivity (Wildman–Crippen MR) is 61.2 cm³/mol. The largest absolute Gasteiger partial charge is 0.364 e. The van der Waals surface area contributed by atoms with Crippen molar-refractivity contribution in [3.05, 3.63) is 33.6 Å². The first-order valence-corrected chi connectivity index (χ1v) is 6.31. The van der Waals surface area contributed by atoms with Gasteiger partial charge in [0, 0.05) is 24.0 Å². The van der Waals surface area contributed by atoms with Crippen LogP contribution >= 0.6 is 11.3 Å². The van der Waals surface area contributed by atoms with E-state index in [1.165, 1.54) is 28.4 Å². The molecule has 0 amide bonds. The van der Waals surface area contributed by atoms with Gasteiger partial charge < -0.3 is 9.84 Å². The van der Waals surface area contributed by atoms with E-state index in [9.17, 15) is 0 Å². The van der Waals surface area contributed by atoms with Crippen LogP contribution in [0.2, 0.25) is 0 Å². The summed E-state index contributed by atoms with van der Waals surface area (Å²) in [5, 5.41) is 8.35. The van der Waals surface area contributed by atoms with Crippen molar-refractivity contribution in [3.8, 4) is 0 Å². The molecule has 5 heteroatoms. The maximum Gasteiger partial charge on any atom is 0.124 e. The summed E-state index contributed by atoms with van der Waals surface area (Å²) in [6.07, 6.45) is 5.25. The summed E-state index contributed by atoms with van der Waals surface area (Å²) in [6.45, 7) is 1.56. The van der Waals surface area contributed by atoms with Gasteiger partial charge in [0.15, 0.2) is 0 Å². The van der Waals surface area contributed by atoms with Crippen molar-refractivity contribution in [2.75, 3.05) is 0 Å². The number of hydrogen-bond donors (Lipinski definition) is 1. The van der Waals surface area contributed by atoms with Gasteiger partial charge in [0.2, 0.25) is 0 Å². The maximum absolute atomic E-state index is 4.76. The van der Waals surface area contributed by atoms with Crippen LogP contribution in [-0.2, 0) is 25.9 Å². The summed E-state index contributed by atoms with van der Waals surface area (Å²) < 4.78 is 4.76. The molecule has 0 atom stereocenters. The van der Waals surface area contributed by atoms with E-state index < -0.39 is 0 Å². The lowest BCUT2D eigenvalue weighted by atomic mass is 10.4. The number of nitrogens with zero attached hydrogens (tertiary/aromatic N) is 2. The Kier molecular flexibility index (Phi) is 2.71. The molecule has 1 N–H and O–H groups in total. The number of fused-ring (bicyclic) bond motifs is 1. The average Bonchev–Trinajstić information content (AvgIpc) is 2.91. The lowest BCUT2D eigenvalue weighted by Gasteiger charge is -1.98. The SMILES string of the molecule is c1cc(CNCc2nc3c(s2)CCC3)no1. The number of rotatable bonds is 4. The van der Waals surface area contributed by atoms with Crippen molar-refractivity contribution in [3.63, 3.8) is 0 Å². The molecular weight excluding hydrogens is 222 g/mol. The highest BCUT2D eigenvalue weighted by atomic mass is 32.1. The lowest BCUT2D eigenvalue weighted by Crippen LogP contribution is -2.12. The first-order chi connectivity index (χ1) is 7.92. The molecule has 0 aromatic carbocycles. The van der Waals surface area contributed by atoms with Gasteiger partial charge in [-0.2, -0.15) is 0 Å². The molecular formula is C11H13N3OS. The monoisotopic (exact) mass is 235 g/mol. The molecule has 1 aliphatic carbocycles. The van der Waals surface area contributed by atoms with Gasteiger partial charge in [0.25, 0.3) is 0 Å². The fourth-order valence-electron chi connectivity index (χ4n) is 1.95. The number of aromatic nitrogens is 2. The molecule has 4 nitrogen and oxygen atoms in total. The molecule has 0 bridgehead atoms. The van der Waals surface area contributed by atoms with Crippen LogP contribution in [0.3, 0.4) is 0 Å². The van der Waals surface area contributed by atoms with Gasteiger partial charge in [-0.3, -0.25) is 0 Å². The first kappa shape index (κ1) is 9.99. The molecule has 0 saturated heterocycles. The molecule has 0 saturated carbocycles. The summed E-state index contributed by atoms with van der Waals surface area (Å²) in [6, 6.07) is 1.87. The summed E-state index contributed by atoms with van der Waals surface area (Å²) in [5.74, 6) is 0. The minimum atomic E-state index is 0.737. The van der Waals surface area contributed by atoms with E-state index in [1.54, 1.807) is 6.26 Å². The van der Waals surface area contributed by atoms with Crippen molar-refractivity contribution >= 4 is 11.3 Å². The smallest absolute Gasteiger partial charge is 0.124 e. The molecule has 0 unspecified atom stereocenters. The van der Waals surface area contributed by atoms with Crippen LogP contribution in [0.4, 0.5) is 0 Å². The van der Waals surface area contributed by atoms with Crippen LogP contribution in [-0.4, -0.2) is 10.1 Å². The van der Waals surface area contributed by atoms with Gasteiger partial charge in [-0.15, -0.1) is 11.3 Å². The zero-order valence-electron chi connectivity index (χ0n) is 8.90. The second kappa shape index (κ2) is 4.35. The Morgan fingerprint density at radius 3 is 3.19 bits per heavy atom. The van der Waals surface area contributed by atoms with E-state index in [-0.39, 0.29) is 0 Å². The van der Waals surface area contributed by atoms with E-state index in [4.69, 9.17) is 4.52 Å². The third kappa shape index (κ3) is 2.01. The van der Waals surface area contributed by atoms with Crippen LogP contribution in [0.5, 0.6) is 0 Å². The molecule has 3 rings (SSSR count). The normalized spacial score (nSPS) is 14.2. The first-order valence-electron chi connectivity index (χ1n) is 5.49. The quantitative estimate of drug-likeness (QED) is 0.879. The molecule has 0 fully saturated rings. The van der Waals surface area contributed by atoms with Gasteiger partial charge >= 0.3 is 0 Å². The van der Waals surface area contributed by atoms with E-state index in [0.717, 1.165) is 25.2 Å². The van der Waals surface area contributed by atoms with Crippen molar-refractivity contribution in [1.29, 1.82) is 0 Å². The predicted octanol–water partition coefficient (Wildman–Crippen LogP) is 1.91. The highest BCUT2D eigenvalue weighted by molar-refractivity contribution is 7.11. The third-order valence-corrected chi connectivity index (χ3v) is 3.87. The number of hydrogen-bond acceptors (Lipinski definition) is 5. The molecule has 84 valence electrons. The van der Waals surface area contributed by atoms with Crippen LogP contribution in [0.1, 0.15) is 27.7 Å². The average molecular weight is 235 g/mol. The lowest BCUT2D eigenvalue weighted by molar-refractivity contribution is 0.408. The highest BCUT2D eigenvalue weighted by Gasteiger charge is 2.16. The Bertz CT molecular complexity index is 442. The second-order valence-electron chi connectivity index (χ2n) is 3.93. The van der Waals surface area contributed by atoms with Crippen LogP contribution in [0.15, 0.2) is 16.9 Å². The molecule has 2 heterocycles. The van der Waals surface area contributed by atoms with E-state index in [1.807, 2.05) is 17.4 Å². The Morgan fingerprint density at radius 1 is 1.38 bits per heavy atom. The minimum Gasteiger partial charge on any atom is -0.364 e. The second-order valence-corrected chi connectivity index (χ2v) is 5.09. The Labute approximate surface area is 97.7 Å². The minimum absolute atomic E-state index is 0.737. The van der Waals surface area contributed by atoms with Gasteiger partial charge in [-0.25, -0.2) is 4.98 Å². The van der Waals surface area contributed by atoms with Crippen molar-refractivity contribution < 1.29 is 4.52 Å². The van der Waals surface area contributed by atoms with E-state index in [0.29, 0.717) is 0 Å². The van der Waals surface area contributed by atoms with Gasteiger partial charge in [0.1, 0.15) is 11.3 Å². The molecule has 0 radical (unpaired) electrons. The fourth-order valence-corrected chi connectivity index (χ4v) is 3.07. The topological polar surface area (TPSA) is 51.0 Å². The van der Waals surface area contributed by atoms with Gasteiger partial charge in [0.05, 0.1) is 11.4 Å². The highest BCUT2D eigenvalue weighted by Crippen LogP contribution is 2.27. The summed E-state index contributed by atoms with van der Waals surface area (Å²) in [7, 11) is 0. The molecule has 1 aliphatic rings. The van der Waals surface area contributed by atoms with Crippen LogP contribution in [0, 0.1) is 0 Å². The number of nitrogens with one attached hydrogen (secondary N) is 1. The third-order valence-electron chi connectivity index (χ3n) is 2.71. The number of thiazole rings is 1. The van der Waals surface area contributed by atoms with Crippen LogP contribution < -0.4 is 5.32 Å². The molecule has 2 aromatic rings. The van der Waals surface area contributed by atoms with Crippen molar-refractivity contribution in [2.24, 2.45) is 0 Å². The van der Waals surface area contributed by atoms with Gasteiger partial charge in [-0.05, 0) is 19.3 Å². The Hall–Kier alpha value is -1.20. The Morgan fingerprint density at radius 2 is 2.38 bits per heavy atom. The van der Waals surface area contributed by atoms with Crippen molar-refractivity contribution in [1.82, 2.24) is 15.5 Å². The number of aryl methyl sites for hydroxylation is 2.